The van der Waals surface area contributed by atoms with Gasteiger partial charge in [-0.15, -0.1) is 0 Å². The van der Waals surface area contributed by atoms with E-state index in [0.717, 1.165) is 23.3 Å². The van der Waals surface area contributed by atoms with Crippen molar-refractivity contribution in [2.45, 2.75) is 6.42 Å². The highest BCUT2D eigenvalue weighted by Gasteiger charge is 2.17. The number of benzene rings is 2. The lowest BCUT2D eigenvalue weighted by Crippen LogP contribution is -1.89. The van der Waals surface area contributed by atoms with Crippen LogP contribution >= 0.6 is 0 Å². The Bertz CT molecular complexity index is 534. The molecule has 2 heteroatoms. The minimum atomic E-state index is -0.178. The molecular formula is C14H11FO. The summed E-state index contributed by atoms with van der Waals surface area (Å²) in [6, 6.07) is 12.7. The zero-order valence-electron chi connectivity index (χ0n) is 8.74. The van der Waals surface area contributed by atoms with E-state index in [-0.39, 0.29) is 5.82 Å². The molecule has 1 nitrogen and oxygen atoms in total. The topological polar surface area (TPSA) is 9.23 Å². The summed E-state index contributed by atoms with van der Waals surface area (Å²) in [5, 5.41) is 0. The second-order valence-corrected chi connectivity index (χ2v) is 3.86. The SMILES string of the molecule is Fc1ccccc1-c1cccc2c1CCO2. The molecule has 2 aromatic rings. The average molecular weight is 214 g/mol. The van der Waals surface area contributed by atoms with Crippen molar-refractivity contribution in [2.75, 3.05) is 6.61 Å². The first-order valence-electron chi connectivity index (χ1n) is 5.36. The Balaban J connectivity index is 2.21. The van der Waals surface area contributed by atoms with Crippen LogP contribution in [0, 0.1) is 5.82 Å². The molecule has 80 valence electrons. The van der Waals surface area contributed by atoms with E-state index in [0.29, 0.717) is 12.2 Å². The van der Waals surface area contributed by atoms with Crippen LogP contribution in [0.4, 0.5) is 4.39 Å². The first-order valence-corrected chi connectivity index (χ1v) is 5.36. The standard InChI is InChI=1S/C14H11FO/c15-13-6-2-1-4-11(13)10-5-3-7-14-12(10)8-9-16-14/h1-7H,8-9H2. The molecule has 1 heterocycles. The van der Waals surface area contributed by atoms with E-state index in [2.05, 4.69) is 0 Å². The van der Waals surface area contributed by atoms with Crippen LogP contribution in [0.25, 0.3) is 11.1 Å². The number of rotatable bonds is 1. The Kier molecular flexibility index (Phi) is 2.13. The molecule has 0 amide bonds. The Labute approximate surface area is 93.5 Å². The van der Waals surface area contributed by atoms with Crippen molar-refractivity contribution in [1.82, 2.24) is 0 Å². The fourth-order valence-corrected chi connectivity index (χ4v) is 2.15. The van der Waals surface area contributed by atoms with Gasteiger partial charge in [-0.1, -0.05) is 30.3 Å². The highest BCUT2D eigenvalue weighted by Crippen LogP contribution is 2.35. The van der Waals surface area contributed by atoms with Crippen LogP contribution < -0.4 is 4.74 Å². The zero-order chi connectivity index (χ0) is 11.0. The largest absolute Gasteiger partial charge is 0.493 e. The van der Waals surface area contributed by atoms with Crippen LogP contribution in [0.2, 0.25) is 0 Å². The molecule has 3 rings (SSSR count). The normalized spacial score (nSPS) is 13.3. The highest BCUT2D eigenvalue weighted by molar-refractivity contribution is 5.71. The molecule has 1 aliphatic rings. The summed E-state index contributed by atoms with van der Waals surface area (Å²) in [5.74, 6) is 0.712. The van der Waals surface area contributed by atoms with Crippen LogP contribution in [0.3, 0.4) is 0 Å². The molecule has 0 aliphatic carbocycles. The van der Waals surface area contributed by atoms with Crippen LogP contribution in [0.5, 0.6) is 5.75 Å². The van der Waals surface area contributed by atoms with Gasteiger partial charge >= 0.3 is 0 Å². The van der Waals surface area contributed by atoms with E-state index in [1.54, 1.807) is 6.07 Å². The van der Waals surface area contributed by atoms with Gasteiger partial charge in [-0.2, -0.15) is 0 Å². The third-order valence-electron chi connectivity index (χ3n) is 2.91. The van der Waals surface area contributed by atoms with Gasteiger partial charge in [0.1, 0.15) is 11.6 Å². The molecule has 1 aliphatic heterocycles. The summed E-state index contributed by atoms with van der Waals surface area (Å²) in [6.07, 6.45) is 0.861. The van der Waals surface area contributed by atoms with Gasteiger partial charge in [0.2, 0.25) is 0 Å². The fourth-order valence-electron chi connectivity index (χ4n) is 2.15. The van der Waals surface area contributed by atoms with Crippen LogP contribution in [0.15, 0.2) is 42.5 Å². The van der Waals surface area contributed by atoms with Crippen LogP contribution in [-0.4, -0.2) is 6.61 Å². The number of fused-ring (bicyclic) bond motifs is 1. The molecule has 0 unspecified atom stereocenters. The Morgan fingerprint density at radius 3 is 2.62 bits per heavy atom. The monoisotopic (exact) mass is 214 g/mol. The van der Waals surface area contributed by atoms with E-state index in [9.17, 15) is 4.39 Å². The molecule has 0 saturated heterocycles. The molecule has 0 saturated carbocycles. The van der Waals surface area contributed by atoms with Gasteiger partial charge in [-0.05, 0) is 17.7 Å². The highest BCUT2D eigenvalue weighted by atomic mass is 19.1. The van der Waals surface area contributed by atoms with Gasteiger partial charge in [-0.3, -0.25) is 0 Å². The maximum atomic E-state index is 13.7. The lowest BCUT2D eigenvalue weighted by molar-refractivity contribution is 0.357. The molecule has 0 N–H and O–H groups in total. The van der Waals surface area contributed by atoms with Crippen LogP contribution in [0.1, 0.15) is 5.56 Å². The Hall–Kier alpha value is -1.83. The predicted molar refractivity (Wildman–Crippen MR) is 61.0 cm³/mol. The van der Waals surface area contributed by atoms with E-state index >= 15 is 0 Å². The van der Waals surface area contributed by atoms with Crippen LogP contribution in [-0.2, 0) is 6.42 Å². The second-order valence-electron chi connectivity index (χ2n) is 3.86. The van der Waals surface area contributed by atoms with Crippen molar-refractivity contribution >= 4 is 0 Å². The first-order chi connectivity index (χ1) is 7.86. The third-order valence-corrected chi connectivity index (χ3v) is 2.91. The summed E-state index contributed by atoms with van der Waals surface area (Å²) in [6.45, 7) is 0.695. The van der Waals surface area contributed by atoms with Crippen molar-refractivity contribution in [2.24, 2.45) is 0 Å². The minimum absolute atomic E-state index is 0.178. The van der Waals surface area contributed by atoms with Crippen molar-refractivity contribution < 1.29 is 9.13 Å². The van der Waals surface area contributed by atoms with E-state index in [4.69, 9.17) is 4.74 Å². The van der Waals surface area contributed by atoms with Gasteiger partial charge in [-0.25, -0.2) is 4.39 Å². The lowest BCUT2D eigenvalue weighted by Gasteiger charge is -2.07. The van der Waals surface area contributed by atoms with Gasteiger partial charge in [0.25, 0.3) is 0 Å². The first kappa shape index (κ1) is 9.40. The number of ether oxygens (including phenoxy) is 1. The van der Waals surface area contributed by atoms with Gasteiger partial charge in [0, 0.05) is 17.5 Å². The van der Waals surface area contributed by atoms with E-state index in [1.165, 1.54) is 6.07 Å². The fraction of sp³-hybridized carbons (Fsp3) is 0.143. The van der Waals surface area contributed by atoms with Gasteiger partial charge < -0.3 is 4.74 Å². The number of hydrogen-bond acceptors (Lipinski definition) is 1. The van der Waals surface area contributed by atoms with Crippen molar-refractivity contribution in [1.29, 1.82) is 0 Å². The van der Waals surface area contributed by atoms with Gasteiger partial charge in [0.05, 0.1) is 6.61 Å². The van der Waals surface area contributed by atoms with E-state index in [1.807, 2.05) is 30.3 Å². The molecule has 0 fully saturated rings. The smallest absolute Gasteiger partial charge is 0.131 e. The molecule has 0 radical (unpaired) electrons. The summed E-state index contributed by atoms with van der Waals surface area (Å²) in [5.41, 5.74) is 2.73. The summed E-state index contributed by atoms with van der Waals surface area (Å²) in [4.78, 5) is 0. The Morgan fingerprint density at radius 1 is 0.938 bits per heavy atom. The van der Waals surface area contributed by atoms with Crippen molar-refractivity contribution in [3.63, 3.8) is 0 Å². The maximum absolute atomic E-state index is 13.7. The summed E-state index contributed by atoms with van der Waals surface area (Å²) in [7, 11) is 0. The van der Waals surface area contributed by atoms with E-state index < -0.39 is 0 Å². The molecule has 2 aromatic carbocycles. The summed E-state index contributed by atoms with van der Waals surface area (Å²) < 4.78 is 19.2. The molecule has 16 heavy (non-hydrogen) atoms. The molecule has 0 spiro atoms. The van der Waals surface area contributed by atoms with Crippen molar-refractivity contribution in [3.8, 4) is 16.9 Å². The maximum Gasteiger partial charge on any atom is 0.131 e. The van der Waals surface area contributed by atoms with Gasteiger partial charge in [0.15, 0.2) is 0 Å². The molecule has 0 aromatic heterocycles. The lowest BCUT2D eigenvalue weighted by atomic mass is 9.98. The molecule has 0 atom stereocenters. The number of halogens is 1. The number of hydrogen-bond donors (Lipinski definition) is 0. The quantitative estimate of drug-likeness (QED) is 0.706. The predicted octanol–water partition coefficient (Wildman–Crippen LogP) is 3.43. The average Bonchev–Trinajstić information content (AvgIpc) is 2.77. The summed E-state index contributed by atoms with van der Waals surface area (Å²) >= 11 is 0. The zero-order valence-corrected chi connectivity index (χ0v) is 8.74. The third kappa shape index (κ3) is 1.38. The molecular weight excluding hydrogens is 203 g/mol. The minimum Gasteiger partial charge on any atom is -0.493 e. The Morgan fingerprint density at radius 2 is 1.75 bits per heavy atom. The van der Waals surface area contributed by atoms with Crippen molar-refractivity contribution in [3.05, 3.63) is 53.8 Å². The second kappa shape index (κ2) is 3.63. The molecule has 0 bridgehead atoms.